The number of alkyl halides is 3. The van der Waals surface area contributed by atoms with Gasteiger partial charge in [0.1, 0.15) is 0 Å². The Labute approximate surface area is 110 Å². The fourth-order valence-electron chi connectivity index (χ4n) is 1.21. The second-order valence-corrected chi connectivity index (χ2v) is 4.26. The second-order valence-electron chi connectivity index (χ2n) is 3.14. The van der Waals surface area contributed by atoms with E-state index in [1.807, 2.05) is 0 Å². The molecule has 0 N–H and O–H groups in total. The number of hydrogen-bond acceptors (Lipinski definition) is 3. The molecule has 0 amide bonds. The van der Waals surface area contributed by atoms with Crippen molar-refractivity contribution in [2.75, 3.05) is 7.11 Å². The zero-order valence-corrected chi connectivity index (χ0v) is 11.2. The molecule has 0 saturated carbocycles. The van der Waals surface area contributed by atoms with Crippen molar-refractivity contribution in [2.24, 2.45) is 0 Å². The molecule has 1 heterocycles. The van der Waals surface area contributed by atoms with E-state index in [2.05, 4.69) is 25.7 Å². The maximum atomic E-state index is 12.6. The molecule has 1 aromatic rings. The van der Waals surface area contributed by atoms with Gasteiger partial charge in [0.15, 0.2) is 0 Å². The average Bonchev–Trinajstić information content (AvgIpc) is 2.30. The minimum absolute atomic E-state index is 0.0729. The molecule has 1 rings (SSSR count). The van der Waals surface area contributed by atoms with Crippen LogP contribution >= 0.6 is 27.5 Å². The van der Waals surface area contributed by atoms with E-state index in [-0.39, 0.29) is 23.6 Å². The van der Waals surface area contributed by atoms with Gasteiger partial charge in [0.25, 0.3) is 6.43 Å². The van der Waals surface area contributed by atoms with Crippen LogP contribution in [0.3, 0.4) is 0 Å². The molecule has 0 aliphatic rings. The molecule has 0 fully saturated rings. The predicted molar refractivity (Wildman–Crippen MR) is 62.2 cm³/mol. The monoisotopic (exact) mass is 327 g/mol. The van der Waals surface area contributed by atoms with E-state index >= 15 is 0 Å². The van der Waals surface area contributed by atoms with Crippen molar-refractivity contribution in [1.82, 2.24) is 4.98 Å². The fourth-order valence-corrected chi connectivity index (χ4v) is 1.90. The molecule has 0 radical (unpaired) electrons. The number of carbonyl (C=O) groups excluding carboxylic acids is 1. The molecule has 17 heavy (non-hydrogen) atoms. The predicted octanol–water partition coefficient (Wildman–Crippen LogP) is 3.24. The van der Waals surface area contributed by atoms with Gasteiger partial charge in [-0.25, -0.2) is 8.78 Å². The zero-order valence-electron chi connectivity index (χ0n) is 8.84. The van der Waals surface area contributed by atoms with Crippen LogP contribution < -0.4 is 0 Å². The van der Waals surface area contributed by atoms with Crippen molar-refractivity contribution in [3.8, 4) is 0 Å². The van der Waals surface area contributed by atoms with Crippen LogP contribution in [0.2, 0.25) is 0 Å². The lowest BCUT2D eigenvalue weighted by atomic mass is 10.1. The number of aromatic nitrogens is 1. The highest BCUT2D eigenvalue weighted by Crippen LogP contribution is 2.28. The Bertz CT molecular complexity index is 429. The van der Waals surface area contributed by atoms with Gasteiger partial charge in [-0.15, -0.1) is 11.6 Å². The summed E-state index contributed by atoms with van der Waals surface area (Å²) in [5.41, 5.74) is 0.168. The summed E-state index contributed by atoms with van der Waals surface area (Å²) >= 11 is 8.63. The van der Waals surface area contributed by atoms with Gasteiger partial charge in [-0.3, -0.25) is 9.78 Å². The number of hydrogen-bond donors (Lipinski definition) is 0. The van der Waals surface area contributed by atoms with Crippen LogP contribution in [-0.4, -0.2) is 18.1 Å². The molecule has 94 valence electrons. The maximum absolute atomic E-state index is 12.6. The van der Waals surface area contributed by atoms with Gasteiger partial charge in [-0.1, -0.05) is 0 Å². The molecule has 0 aliphatic heterocycles. The largest absolute Gasteiger partial charge is 0.469 e. The first-order chi connectivity index (χ1) is 7.99. The Hall–Kier alpha value is -0.750. The smallest absolute Gasteiger partial charge is 0.311 e. The van der Waals surface area contributed by atoms with Crippen molar-refractivity contribution in [2.45, 2.75) is 18.7 Å². The second kappa shape index (κ2) is 6.26. The summed E-state index contributed by atoms with van der Waals surface area (Å²) in [5, 5.41) is 0. The number of pyridine rings is 1. The Morgan fingerprint density at radius 3 is 2.71 bits per heavy atom. The first kappa shape index (κ1) is 14.3. The summed E-state index contributed by atoms with van der Waals surface area (Å²) < 4.78 is 30.1. The lowest BCUT2D eigenvalue weighted by molar-refractivity contribution is -0.139. The van der Waals surface area contributed by atoms with E-state index in [1.54, 1.807) is 0 Å². The quantitative estimate of drug-likeness (QED) is 0.629. The van der Waals surface area contributed by atoms with Crippen LogP contribution in [0, 0.1) is 0 Å². The summed E-state index contributed by atoms with van der Waals surface area (Å²) in [6.07, 6.45) is -2.75. The van der Waals surface area contributed by atoms with Crippen LogP contribution in [0.15, 0.2) is 10.5 Å². The van der Waals surface area contributed by atoms with Gasteiger partial charge in [0.2, 0.25) is 0 Å². The first-order valence-corrected chi connectivity index (χ1v) is 5.91. The molecule has 0 bridgehead atoms. The zero-order chi connectivity index (χ0) is 13.0. The van der Waals surface area contributed by atoms with E-state index in [9.17, 15) is 13.6 Å². The Balaban J connectivity index is 3.13. The van der Waals surface area contributed by atoms with Crippen LogP contribution in [0.5, 0.6) is 0 Å². The molecule has 0 aliphatic carbocycles. The highest BCUT2D eigenvalue weighted by molar-refractivity contribution is 9.10. The van der Waals surface area contributed by atoms with Crippen LogP contribution in [0.1, 0.15) is 23.4 Å². The molecule has 0 unspecified atom stereocenters. The molecule has 7 heteroatoms. The summed E-state index contributed by atoms with van der Waals surface area (Å²) in [4.78, 5) is 15.0. The molecule has 3 nitrogen and oxygen atoms in total. The van der Waals surface area contributed by atoms with Crippen molar-refractivity contribution in [3.63, 3.8) is 0 Å². The van der Waals surface area contributed by atoms with E-state index < -0.39 is 12.4 Å². The van der Waals surface area contributed by atoms with Crippen LogP contribution in [0.25, 0.3) is 0 Å². The SMILES string of the molecule is COC(=O)Cc1nc(CCl)c(C(F)F)cc1Br. The van der Waals surface area contributed by atoms with Gasteiger partial charge < -0.3 is 4.74 Å². The number of ether oxygens (including phenoxy) is 1. The lowest BCUT2D eigenvalue weighted by Crippen LogP contribution is -2.09. The van der Waals surface area contributed by atoms with Crippen LogP contribution in [0.4, 0.5) is 8.78 Å². The van der Waals surface area contributed by atoms with E-state index in [4.69, 9.17) is 11.6 Å². The van der Waals surface area contributed by atoms with Crippen molar-refractivity contribution >= 4 is 33.5 Å². The van der Waals surface area contributed by atoms with Gasteiger partial charge >= 0.3 is 5.97 Å². The molecular weight excluding hydrogens is 319 g/mol. The summed E-state index contributed by atoms with van der Waals surface area (Å²) in [5.74, 6) is -0.635. The highest BCUT2D eigenvalue weighted by atomic mass is 79.9. The standard InChI is InChI=1S/C10H9BrClF2NO2/c1-17-9(16)3-7-6(11)2-5(10(13)14)8(4-12)15-7/h2,10H,3-4H2,1H3. The molecule has 0 spiro atoms. The van der Waals surface area contributed by atoms with Crippen molar-refractivity contribution in [1.29, 1.82) is 0 Å². The van der Waals surface area contributed by atoms with Gasteiger partial charge in [0.05, 0.1) is 30.8 Å². The highest BCUT2D eigenvalue weighted by Gasteiger charge is 2.18. The first-order valence-electron chi connectivity index (χ1n) is 4.58. The Kier molecular flexibility index (Phi) is 5.27. The minimum atomic E-state index is -2.65. The molecular formula is C10H9BrClF2NO2. The average molecular weight is 329 g/mol. The van der Waals surface area contributed by atoms with E-state index in [1.165, 1.54) is 13.2 Å². The third kappa shape index (κ3) is 3.61. The topological polar surface area (TPSA) is 39.2 Å². The third-order valence-electron chi connectivity index (χ3n) is 2.06. The minimum Gasteiger partial charge on any atom is -0.469 e. The van der Waals surface area contributed by atoms with Gasteiger partial charge in [-0.05, 0) is 22.0 Å². The van der Waals surface area contributed by atoms with Crippen LogP contribution in [-0.2, 0) is 21.8 Å². The van der Waals surface area contributed by atoms with E-state index in [0.717, 1.165) is 0 Å². The molecule has 0 atom stereocenters. The normalized spacial score (nSPS) is 10.7. The number of rotatable bonds is 4. The number of esters is 1. The number of methoxy groups -OCH3 is 1. The summed E-state index contributed by atoms with van der Waals surface area (Å²) in [7, 11) is 1.24. The molecule has 1 aromatic heterocycles. The fraction of sp³-hybridized carbons (Fsp3) is 0.400. The van der Waals surface area contributed by atoms with Crippen molar-refractivity contribution in [3.05, 3.63) is 27.5 Å². The van der Waals surface area contributed by atoms with E-state index in [0.29, 0.717) is 10.2 Å². The Morgan fingerprint density at radius 2 is 2.24 bits per heavy atom. The number of halogens is 4. The lowest BCUT2D eigenvalue weighted by Gasteiger charge is -2.10. The number of carbonyl (C=O) groups is 1. The number of nitrogens with zero attached hydrogens (tertiary/aromatic N) is 1. The summed E-state index contributed by atoms with van der Waals surface area (Å²) in [6, 6.07) is 1.23. The molecule has 0 aromatic carbocycles. The Morgan fingerprint density at radius 1 is 1.59 bits per heavy atom. The third-order valence-corrected chi connectivity index (χ3v) is 3.00. The van der Waals surface area contributed by atoms with Gasteiger partial charge in [-0.2, -0.15) is 0 Å². The van der Waals surface area contributed by atoms with Gasteiger partial charge in [0, 0.05) is 10.0 Å². The molecule has 0 saturated heterocycles. The van der Waals surface area contributed by atoms with Crippen molar-refractivity contribution < 1.29 is 18.3 Å². The maximum Gasteiger partial charge on any atom is 0.311 e. The summed E-state index contributed by atoms with van der Waals surface area (Å²) in [6.45, 7) is 0.